The first-order chi connectivity index (χ1) is 17.5. The lowest BCUT2D eigenvalue weighted by Crippen LogP contribution is -2.39. The first kappa shape index (κ1) is 25.3. The molecule has 3 amide bonds. The van der Waals surface area contributed by atoms with E-state index in [-0.39, 0.29) is 11.9 Å². The van der Waals surface area contributed by atoms with Crippen molar-refractivity contribution >= 4 is 28.5 Å². The molecule has 2 N–H and O–H groups in total. The fourth-order valence-corrected chi connectivity index (χ4v) is 4.59. The van der Waals surface area contributed by atoms with Gasteiger partial charge in [-0.1, -0.05) is 13.0 Å². The summed E-state index contributed by atoms with van der Waals surface area (Å²) in [6.07, 6.45) is 5.28. The zero-order valence-electron chi connectivity index (χ0n) is 21.2. The maximum Gasteiger partial charge on any atom is 0.319 e. The Morgan fingerprint density at radius 3 is 2.39 bits per heavy atom. The lowest BCUT2D eigenvalue weighted by atomic mass is 9.93. The maximum atomic E-state index is 12.4. The molecule has 1 saturated heterocycles. The Bertz CT molecular complexity index is 1200. The molecular formula is C28H34N4O4. The number of hydrogen-bond donors (Lipinski definition) is 2. The van der Waals surface area contributed by atoms with Crippen LogP contribution in [0.25, 0.3) is 22.0 Å². The number of methoxy groups -OCH3 is 2. The number of fused-ring (bicyclic) bond motifs is 1. The maximum absolute atomic E-state index is 12.4. The minimum atomic E-state index is -0.229. The molecule has 8 heteroatoms. The summed E-state index contributed by atoms with van der Waals surface area (Å²) in [5.41, 5.74) is 3.38. The van der Waals surface area contributed by atoms with Crippen LogP contribution in [0, 0.1) is 5.92 Å². The molecule has 0 bridgehead atoms. The number of likely N-dealkylation sites (tertiary alicyclic amines) is 1. The minimum absolute atomic E-state index is 0.229. The molecule has 0 unspecified atom stereocenters. The average Bonchev–Trinajstić information content (AvgIpc) is 2.92. The highest BCUT2D eigenvalue weighted by Gasteiger charge is 2.21. The zero-order chi connectivity index (χ0) is 25.5. The number of ether oxygens (including phenoxy) is 2. The van der Waals surface area contributed by atoms with Crippen molar-refractivity contribution in [2.75, 3.05) is 39.2 Å². The van der Waals surface area contributed by atoms with Gasteiger partial charge in [0.2, 0.25) is 5.91 Å². The Morgan fingerprint density at radius 1 is 1.00 bits per heavy atom. The van der Waals surface area contributed by atoms with Crippen LogP contribution < -0.4 is 20.1 Å². The highest BCUT2D eigenvalue weighted by molar-refractivity contribution is 5.93. The second-order valence-corrected chi connectivity index (χ2v) is 9.08. The van der Waals surface area contributed by atoms with Gasteiger partial charge < -0.3 is 25.0 Å². The number of carbonyl (C=O) groups excluding carboxylic acids is 2. The van der Waals surface area contributed by atoms with Crippen molar-refractivity contribution in [2.24, 2.45) is 5.92 Å². The summed E-state index contributed by atoms with van der Waals surface area (Å²) in [6.45, 7) is 4.15. The Balaban J connectivity index is 1.31. The van der Waals surface area contributed by atoms with E-state index in [1.807, 2.05) is 48.2 Å². The molecule has 0 atom stereocenters. The van der Waals surface area contributed by atoms with Gasteiger partial charge in [0, 0.05) is 55.0 Å². The molecule has 1 aliphatic rings. The number of hydrogen-bond acceptors (Lipinski definition) is 5. The normalized spacial score (nSPS) is 13.9. The molecule has 8 nitrogen and oxygen atoms in total. The molecule has 4 rings (SSSR count). The predicted octanol–water partition coefficient (Wildman–Crippen LogP) is 5.08. The van der Waals surface area contributed by atoms with Gasteiger partial charge in [-0.05, 0) is 61.1 Å². The fraction of sp³-hybridized carbons (Fsp3) is 0.393. The highest BCUT2D eigenvalue weighted by Crippen LogP contribution is 2.31. The van der Waals surface area contributed by atoms with Crippen molar-refractivity contribution < 1.29 is 19.1 Å². The summed E-state index contributed by atoms with van der Waals surface area (Å²) in [6, 6.07) is 13.2. The van der Waals surface area contributed by atoms with Gasteiger partial charge >= 0.3 is 6.03 Å². The van der Waals surface area contributed by atoms with Gasteiger partial charge in [0.1, 0.15) is 11.5 Å². The topological polar surface area (TPSA) is 92.8 Å². The van der Waals surface area contributed by atoms with Gasteiger partial charge in [0.15, 0.2) is 0 Å². The van der Waals surface area contributed by atoms with Gasteiger partial charge in [-0.3, -0.25) is 9.78 Å². The molecule has 2 aromatic carbocycles. The Kier molecular flexibility index (Phi) is 8.25. The molecule has 0 saturated carbocycles. The predicted molar refractivity (Wildman–Crippen MR) is 142 cm³/mol. The number of anilines is 1. The van der Waals surface area contributed by atoms with E-state index >= 15 is 0 Å². The molecule has 190 valence electrons. The van der Waals surface area contributed by atoms with Crippen molar-refractivity contribution in [3.8, 4) is 22.6 Å². The van der Waals surface area contributed by atoms with Gasteiger partial charge in [-0.2, -0.15) is 0 Å². The second-order valence-electron chi connectivity index (χ2n) is 9.08. The lowest BCUT2D eigenvalue weighted by molar-refractivity contribution is -0.132. The fourth-order valence-electron chi connectivity index (χ4n) is 4.59. The Labute approximate surface area is 212 Å². The highest BCUT2D eigenvalue weighted by atomic mass is 16.5. The summed E-state index contributed by atoms with van der Waals surface area (Å²) >= 11 is 0. The van der Waals surface area contributed by atoms with E-state index in [9.17, 15) is 9.59 Å². The molecule has 2 heterocycles. The van der Waals surface area contributed by atoms with E-state index < -0.39 is 0 Å². The van der Waals surface area contributed by atoms with Crippen molar-refractivity contribution in [1.82, 2.24) is 15.2 Å². The molecule has 0 aliphatic carbocycles. The van der Waals surface area contributed by atoms with Crippen LogP contribution in [0.2, 0.25) is 0 Å². The Morgan fingerprint density at radius 2 is 1.72 bits per heavy atom. The van der Waals surface area contributed by atoms with Gasteiger partial charge in [-0.25, -0.2) is 4.79 Å². The molecule has 1 aromatic heterocycles. The second kappa shape index (κ2) is 11.7. The summed E-state index contributed by atoms with van der Waals surface area (Å²) in [5.74, 6) is 2.20. The number of rotatable bonds is 8. The van der Waals surface area contributed by atoms with Crippen LogP contribution in [0.15, 0.2) is 48.7 Å². The number of amides is 3. The van der Waals surface area contributed by atoms with Gasteiger partial charge in [-0.15, -0.1) is 0 Å². The van der Waals surface area contributed by atoms with Crippen LogP contribution in [0.3, 0.4) is 0 Å². The van der Waals surface area contributed by atoms with Crippen molar-refractivity contribution in [3.63, 3.8) is 0 Å². The summed E-state index contributed by atoms with van der Waals surface area (Å²) in [4.78, 5) is 30.8. The van der Waals surface area contributed by atoms with E-state index in [1.54, 1.807) is 20.4 Å². The van der Waals surface area contributed by atoms with Crippen LogP contribution in [0.4, 0.5) is 10.5 Å². The first-order valence-electron chi connectivity index (χ1n) is 12.4. The molecule has 3 aromatic rings. The van der Waals surface area contributed by atoms with E-state index in [1.165, 1.54) is 0 Å². The Hall–Kier alpha value is -3.81. The molecule has 0 radical (unpaired) electrons. The van der Waals surface area contributed by atoms with E-state index in [0.29, 0.717) is 36.1 Å². The third kappa shape index (κ3) is 6.24. The number of benzene rings is 2. The van der Waals surface area contributed by atoms with Gasteiger partial charge in [0.05, 0.1) is 19.7 Å². The number of piperidine rings is 1. The number of nitrogens with one attached hydrogen (secondary N) is 2. The molecule has 1 fully saturated rings. The van der Waals surface area contributed by atoms with E-state index in [0.717, 1.165) is 54.4 Å². The number of carbonyl (C=O) groups is 2. The van der Waals surface area contributed by atoms with E-state index in [4.69, 9.17) is 9.47 Å². The molecular weight excluding hydrogens is 456 g/mol. The van der Waals surface area contributed by atoms with E-state index in [2.05, 4.69) is 21.7 Å². The van der Waals surface area contributed by atoms with Crippen LogP contribution in [-0.2, 0) is 4.79 Å². The number of nitrogens with zero attached hydrogens (tertiary/aromatic N) is 2. The molecule has 1 aliphatic heterocycles. The van der Waals surface area contributed by atoms with Crippen LogP contribution in [0.1, 0.15) is 32.6 Å². The SMILES string of the molecule is CCC(=O)N1CCC(CCNC(=O)Nc2ccc3cc(-c4cc(OC)cc(OC)c4)cnc3c2)CC1. The smallest absolute Gasteiger partial charge is 0.319 e. The average molecular weight is 491 g/mol. The minimum Gasteiger partial charge on any atom is -0.497 e. The van der Waals surface area contributed by atoms with Crippen LogP contribution in [0.5, 0.6) is 11.5 Å². The quantitative estimate of drug-likeness (QED) is 0.459. The monoisotopic (exact) mass is 490 g/mol. The summed E-state index contributed by atoms with van der Waals surface area (Å²) in [7, 11) is 3.25. The standard InChI is InChI=1S/C28H34N4O4/c1-4-27(33)32-11-8-19(9-12-32)7-10-29-28(34)31-23-6-5-20-13-22(18-30-26(20)16-23)21-14-24(35-2)17-25(15-21)36-3/h5-6,13-19H,4,7-12H2,1-3H3,(H2,29,31,34). The number of urea groups is 1. The lowest BCUT2D eigenvalue weighted by Gasteiger charge is -2.31. The number of pyridine rings is 1. The zero-order valence-corrected chi connectivity index (χ0v) is 21.2. The van der Waals surface area contributed by atoms with Gasteiger partial charge in [0.25, 0.3) is 0 Å². The van der Waals surface area contributed by atoms with Crippen molar-refractivity contribution in [1.29, 1.82) is 0 Å². The van der Waals surface area contributed by atoms with Crippen LogP contribution in [-0.4, -0.2) is 55.7 Å². The third-order valence-corrected chi connectivity index (χ3v) is 6.73. The largest absolute Gasteiger partial charge is 0.497 e. The molecule has 36 heavy (non-hydrogen) atoms. The van der Waals surface area contributed by atoms with Crippen molar-refractivity contribution in [3.05, 3.63) is 48.7 Å². The first-order valence-corrected chi connectivity index (χ1v) is 12.4. The van der Waals surface area contributed by atoms with Crippen LogP contribution >= 0.6 is 0 Å². The van der Waals surface area contributed by atoms with Crippen molar-refractivity contribution in [2.45, 2.75) is 32.6 Å². The summed E-state index contributed by atoms with van der Waals surface area (Å²) < 4.78 is 10.8. The number of aromatic nitrogens is 1. The molecule has 0 spiro atoms. The summed E-state index contributed by atoms with van der Waals surface area (Å²) in [5, 5.41) is 6.82. The third-order valence-electron chi connectivity index (χ3n) is 6.73.